The highest BCUT2D eigenvalue weighted by atomic mass is 15.1. The molecule has 1 aliphatic carbocycles. The van der Waals surface area contributed by atoms with Crippen LogP contribution in [0.15, 0.2) is 0 Å². The van der Waals surface area contributed by atoms with Gasteiger partial charge >= 0.3 is 0 Å². The second kappa shape index (κ2) is 4.43. The van der Waals surface area contributed by atoms with E-state index >= 15 is 0 Å². The van der Waals surface area contributed by atoms with Crippen LogP contribution in [0.2, 0.25) is 0 Å². The van der Waals surface area contributed by atoms with Gasteiger partial charge in [-0.3, -0.25) is 0 Å². The van der Waals surface area contributed by atoms with E-state index in [1.807, 2.05) is 0 Å². The molecule has 0 radical (unpaired) electrons. The number of likely N-dealkylation sites (N-methyl/N-ethyl adjacent to an activating group) is 1. The van der Waals surface area contributed by atoms with E-state index in [0.717, 1.165) is 12.5 Å². The molecule has 2 N–H and O–H groups in total. The third-order valence-corrected chi connectivity index (χ3v) is 3.01. The molecular formula is C11H24N2. The van der Waals surface area contributed by atoms with Crippen molar-refractivity contribution in [2.45, 2.75) is 45.1 Å². The van der Waals surface area contributed by atoms with Gasteiger partial charge in [-0.1, -0.05) is 13.3 Å². The molecule has 0 bridgehead atoms. The topological polar surface area (TPSA) is 29.3 Å². The first-order valence-electron chi connectivity index (χ1n) is 5.53. The maximum Gasteiger partial charge on any atom is 0.0283 e. The van der Waals surface area contributed by atoms with Crippen molar-refractivity contribution in [3.05, 3.63) is 0 Å². The molecule has 0 aromatic heterocycles. The molecule has 1 rings (SSSR count). The average molecular weight is 184 g/mol. The first-order chi connectivity index (χ1) is 6.06. The molecule has 0 heterocycles. The first kappa shape index (κ1) is 11.0. The van der Waals surface area contributed by atoms with Gasteiger partial charge in [-0.05, 0) is 45.7 Å². The lowest BCUT2D eigenvalue weighted by molar-refractivity contribution is 0.236. The molecule has 13 heavy (non-hydrogen) atoms. The number of hydrogen-bond acceptors (Lipinski definition) is 2. The molecule has 1 atom stereocenters. The minimum Gasteiger partial charge on any atom is -0.324 e. The van der Waals surface area contributed by atoms with Crippen LogP contribution in [0.1, 0.15) is 39.5 Å². The van der Waals surface area contributed by atoms with Crippen LogP contribution in [-0.2, 0) is 0 Å². The maximum absolute atomic E-state index is 6.25. The largest absolute Gasteiger partial charge is 0.324 e. The molecule has 1 aliphatic rings. The monoisotopic (exact) mass is 184 g/mol. The Morgan fingerprint density at radius 1 is 1.46 bits per heavy atom. The lowest BCUT2D eigenvalue weighted by atomic mass is 9.97. The third-order valence-electron chi connectivity index (χ3n) is 3.01. The van der Waals surface area contributed by atoms with E-state index in [9.17, 15) is 0 Å². The van der Waals surface area contributed by atoms with Gasteiger partial charge in [0.2, 0.25) is 0 Å². The molecule has 2 nitrogen and oxygen atoms in total. The summed E-state index contributed by atoms with van der Waals surface area (Å²) in [5.74, 6) is 0.788. The molecular weight excluding hydrogens is 160 g/mol. The smallest absolute Gasteiger partial charge is 0.0283 e. The predicted molar refractivity (Wildman–Crippen MR) is 57.7 cm³/mol. The SMILES string of the molecule is CCCCN(C)CC(C)(N)C1CC1. The van der Waals surface area contributed by atoms with Gasteiger partial charge in [0.1, 0.15) is 0 Å². The minimum atomic E-state index is 0.0580. The Morgan fingerprint density at radius 3 is 2.54 bits per heavy atom. The molecule has 0 aliphatic heterocycles. The Kier molecular flexibility index (Phi) is 3.74. The summed E-state index contributed by atoms with van der Waals surface area (Å²) < 4.78 is 0. The Balaban J connectivity index is 2.21. The predicted octanol–water partition coefficient (Wildman–Crippen LogP) is 1.85. The van der Waals surface area contributed by atoms with Crippen LogP contribution in [0.5, 0.6) is 0 Å². The molecule has 0 saturated heterocycles. The van der Waals surface area contributed by atoms with E-state index in [1.54, 1.807) is 0 Å². The fourth-order valence-electron chi connectivity index (χ4n) is 1.96. The molecule has 0 spiro atoms. The Morgan fingerprint density at radius 2 is 2.08 bits per heavy atom. The molecule has 1 fully saturated rings. The number of nitrogens with zero attached hydrogens (tertiary/aromatic N) is 1. The van der Waals surface area contributed by atoms with Crippen molar-refractivity contribution >= 4 is 0 Å². The zero-order valence-electron chi connectivity index (χ0n) is 9.34. The van der Waals surface area contributed by atoms with Gasteiger partial charge in [0.15, 0.2) is 0 Å². The van der Waals surface area contributed by atoms with E-state index in [-0.39, 0.29) is 5.54 Å². The molecule has 1 saturated carbocycles. The average Bonchev–Trinajstić information content (AvgIpc) is 2.81. The molecule has 78 valence electrons. The van der Waals surface area contributed by atoms with Gasteiger partial charge in [0.25, 0.3) is 0 Å². The Hall–Kier alpha value is -0.0800. The van der Waals surface area contributed by atoms with Crippen molar-refractivity contribution in [1.82, 2.24) is 4.90 Å². The summed E-state index contributed by atoms with van der Waals surface area (Å²) in [4.78, 5) is 2.38. The maximum atomic E-state index is 6.25. The van der Waals surface area contributed by atoms with E-state index < -0.39 is 0 Å². The van der Waals surface area contributed by atoms with Gasteiger partial charge in [-0.25, -0.2) is 0 Å². The summed E-state index contributed by atoms with van der Waals surface area (Å²) >= 11 is 0. The number of hydrogen-bond donors (Lipinski definition) is 1. The Bertz CT molecular complexity index is 150. The van der Waals surface area contributed by atoms with Gasteiger partial charge in [0, 0.05) is 12.1 Å². The van der Waals surface area contributed by atoms with E-state index in [0.29, 0.717) is 0 Å². The second-order valence-electron chi connectivity index (χ2n) is 4.87. The molecule has 1 unspecified atom stereocenters. The fourth-order valence-corrected chi connectivity index (χ4v) is 1.96. The van der Waals surface area contributed by atoms with Crippen LogP contribution < -0.4 is 5.73 Å². The van der Waals surface area contributed by atoms with Crippen LogP contribution in [0.4, 0.5) is 0 Å². The van der Waals surface area contributed by atoms with Gasteiger partial charge in [-0.2, -0.15) is 0 Å². The highest BCUT2D eigenvalue weighted by molar-refractivity contribution is 4.96. The molecule has 2 heteroatoms. The number of nitrogens with two attached hydrogens (primary N) is 1. The van der Waals surface area contributed by atoms with Crippen molar-refractivity contribution < 1.29 is 0 Å². The van der Waals surface area contributed by atoms with E-state index in [1.165, 1.54) is 32.2 Å². The van der Waals surface area contributed by atoms with Gasteiger partial charge in [0.05, 0.1) is 0 Å². The van der Waals surface area contributed by atoms with Crippen molar-refractivity contribution in [3.8, 4) is 0 Å². The van der Waals surface area contributed by atoms with Gasteiger partial charge < -0.3 is 10.6 Å². The summed E-state index contributed by atoms with van der Waals surface area (Å²) in [5, 5.41) is 0. The lowest BCUT2D eigenvalue weighted by Crippen LogP contribution is -2.48. The molecule has 0 aromatic carbocycles. The number of rotatable bonds is 6. The summed E-state index contributed by atoms with van der Waals surface area (Å²) in [6, 6.07) is 0. The van der Waals surface area contributed by atoms with Crippen molar-refractivity contribution in [2.24, 2.45) is 11.7 Å². The van der Waals surface area contributed by atoms with Crippen molar-refractivity contribution in [3.63, 3.8) is 0 Å². The molecule has 0 amide bonds. The van der Waals surface area contributed by atoms with E-state index in [2.05, 4.69) is 25.8 Å². The highest BCUT2D eigenvalue weighted by Gasteiger charge is 2.38. The third kappa shape index (κ3) is 3.65. The van der Waals surface area contributed by atoms with Crippen LogP contribution in [-0.4, -0.2) is 30.6 Å². The highest BCUT2D eigenvalue weighted by Crippen LogP contribution is 2.38. The zero-order valence-corrected chi connectivity index (χ0v) is 9.34. The fraction of sp³-hybridized carbons (Fsp3) is 1.00. The summed E-state index contributed by atoms with van der Waals surface area (Å²) in [6.45, 7) is 6.68. The van der Waals surface area contributed by atoms with Crippen molar-refractivity contribution in [1.29, 1.82) is 0 Å². The van der Waals surface area contributed by atoms with Gasteiger partial charge in [-0.15, -0.1) is 0 Å². The zero-order chi connectivity index (χ0) is 9.90. The summed E-state index contributed by atoms with van der Waals surface area (Å²) in [7, 11) is 2.18. The van der Waals surface area contributed by atoms with Crippen LogP contribution >= 0.6 is 0 Å². The minimum absolute atomic E-state index is 0.0580. The van der Waals surface area contributed by atoms with Crippen LogP contribution in [0, 0.1) is 5.92 Å². The summed E-state index contributed by atoms with van der Waals surface area (Å²) in [6.07, 6.45) is 5.25. The van der Waals surface area contributed by atoms with Crippen LogP contribution in [0.25, 0.3) is 0 Å². The lowest BCUT2D eigenvalue weighted by Gasteiger charge is -2.30. The van der Waals surface area contributed by atoms with E-state index in [4.69, 9.17) is 5.73 Å². The normalized spacial score (nSPS) is 21.9. The number of unbranched alkanes of at least 4 members (excludes halogenated alkanes) is 1. The molecule has 0 aromatic rings. The standard InChI is InChI=1S/C11H24N2/c1-4-5-8-13(3)9-11(2,12)10-6-7-10/h10H,4-9,12H2,1-3H3. The second-order valence-corrected chi connectivity index (χ2v) is 4.87. The summed E-state index contributed by atoms with van der Waals surface area (Å²) in [5.41, 5.74) is 6.31. The van der Waals surface area contributed by atoms with Crippen molar-refractivity contribution in [2.75, 3.05) is 20.1 Å². The van der Waals surface area contributed by atoms with Crippen LogP contribution in [0.3, 0.4) is 0 Å². The quantitative estimate of drug-likeness (QED) is 0.682. The Labute approximate surface area is 82.5 Å². The first-order valence-corrected chi connectivity index (χ1v) is 5.53.